The lowest BCUT2D eigenvalue weighted by atomic mass is 10.1. The number of fused-ring (bicyclic) bond motifs is 3. The number of piperazine rings is 1. The predicted octanol–water partition coefficient (Wildman–Crippen LogP) is 5.68. The number of aromatic nitrogens is 1. The number of unbranched alkanes of at least 4 members (excludes halogenated alkanes) is 2. The Balaban J connectivity index is 1.53. The predicted molar refractivity (Wildman–Crippen MR) is 133 cm³/mol. The molecule has 2 amide bonds. The molecule has 0 saturated carbocycles. The van der Waals surface area contributed by atoms with Crippen LogP contribution in [-0.4, -0.2) is 58.1 Å². The highest BCUT2D eigenvalue weighted by Gasteiger charge is 2.28. The smallest absolute Gasteiger partial charge is 0.410 e. The van der Waals surface area contributed by atoms with Gasteiger partial charge in [-0.05, 0) is 51.5 Å². The van der Waals surface area contributed by atoms with Crippen molar-refractivity contribution in [2.45, 2.75) is 59.1 Å². The lowest BCUT2D eigenvalue weighted by Crippen LogP contribution is -2.51. The molecule has 6 nitrogen and oxygen atoms in total. The van der Waals surface area contributed by atoms with Gasteiger partial charge in [0.1, 0.15) is 5.60 Å². The van der Waals surface area contributed by atoms with Gasteiger partial charge in [-0.25, -0.2) is 4.79 Å². The first-order chi connectivity index (χ1) is 15.8. The Morgan fingerprint density at radius 1 is 0.879 bits per heavy atom. The Bertz CT molecular complexity index is 1150. The second-order valence-corrected chi connectivity index (χ2v) is 9.87. The standard InChI is InChI=1S/C27H35N3O3/c1-5-6-9-14-30-23-11-8-7-10-21(23)22-19-20(12-13-24(22)30)25(31)28-15-17-29(18-16-28)26(32)33-27(2,3)4/h7-8,10-13,19H,5-6,9,14-18H2,1-4H3. The van der Waals surface area contributed by atoms with E-state index in [2.05, 4.69) is 41.8 Å². The molecule has 2 heterocycles. The minimum atomic E-state index is -0.519. The van der Waals surface area contributed by atoms with Gasteiger partial charge in [0.2, 0.25) is 0 Å². The number of hydrogen-bond donors (Lipinski definition) is 0. The fourth-order valence-corrected chi connectivity index (χ4v) is 4.55. The summed E-state index contributed by atoms with van der Waals surface area (Å²) in [6.45, 7) is 10.8. The van der Waals surface area contributed by atoms with Gasteiger partial charge in [0.15, 0.2) is 0 Å². The van der Waals surface area contributed by atoms with Crippen LogP contribution in [0.25, 0.3) is 21.8 Å². The van der Waals surface area contributed by atoms with Crippen molar-refractivity contribution in [3.05, 3.63) is 48.0 Å². The number of benzene rings is 2. The van der Waals surface area contributed by atoms with Crippen LogP contribution in [-0.2, 0) is 11.3 Å². The molecule has 176 valence electrons. The molecular weight excluding hydrogens is 414 g/mol. The van der Waals surface area contributed by atoms with E-state index >= 15 is 0 Å². The van der Waals surface area contributed by atoms with Crippen LogP contribution in [0.2, 0.25) is 0 Å². The quantitative estimate of drug-likeness (QED) is 0.471. The number of amides is 2. The van der Waals surface area contributed by atoms with Crippen molar-refractivity contribution in [3.63, 3.8) is 0 Å². The van der Waals surface area contributed by atoms with Crippen LogP contribution in [0.4, 0.5) is 4.79 Å². The van der Waals surface area contributed by atoms with Crippen molar-refractivity contribution in [2.75, 3.05) is 26.2 Å². The number of carbonyl (C=O) groups excluding carboxylic acids is 2. The van der Waals surface area contributed by atoms with Crippen LogP contribution in [0.1, 0.15) is 57.3 Å². The van der Waals surface area contributed by atoms with Crippen molar-refractivity contribution in [2.24, 2.45) is 0 Å². The van der Waals surface area contributed by atoms with Crippen molar-refractivity contribution in [3.8, 4) is 0 Å². The Kier molecular flexibility index (Phi) is 6.63. The van der Waals surface area contributed by atoms with E-state index in [1.807, 2.05) is 37.8 Å². The first-order valence-electron chi connectivity index (χ1n) is 12.1. The van der Waals surface area contributed by atoms with Crippen molar-refractivity contribution < 1.29 is 14.3 Å². The molecule has 6 heteroatoms. The summed E-state index contributed by atoms with van der Waals surface area (Å²) in [5.41, 5.74) is 2.58. The van der Waals surface area contributed by atoms with Gasteiger partial charge < -0.3 is 19.1 Å². The SMILES string of the molecule is CCCCCn1c2ccccc2c2cc(C(=O)N3CCN(C(=O)OC(C)(C)C)CC3)ccc21. The fraction of sp³-hybridized carbons (Fsp3) is 0.481. The lowest BCUT2D eigenvalue weighted by Gasteiger charge is -2.35. The number of hydrogen-bond acceptors (Lipinski definition) is 3. The zero-order valence-electron chi connectivity index (χ0n) is 20.3. The summed E-state index contributed by atoms with van der Waals surface area (Å²) < 4.78 is 7.85. The van der Waals surface area contributed by atoms with Gasteiger partial charge in [-0.1, -0.05) is 38.0 Å². The molecule has 0 spiro atoms. The first-order valence-corrected chi connectivity index (χ1v) is 12.1. The number of ether oxygens (including phenoxy) is 1. The lowest BCUT2D eigenvalue weighted by molar-refractivity contribution is 0.0141. The molecule has 33 heavy (non-hydrogen) atoms. The molecule has 3 aromatic rings. The van der Waals surface area contributed by atoms with Crippen molar-refractivity contribution in [1.82, 2.24) is 14.4 Å². The summed E-state index contributed by atoms with van der Waals surface area (Å²) in [4.78, 5) is 29.1. The minimum absolute atomic E-state index is 0.0172. The highest BCUT2D eigenvalue weighted by Crippen LogP contribution is 2.30. The van der Waals surface area contributed by atoms with Gasteiger partial charge in [-0.2, -0.15) is 0 Å². The number of nitrogens with zero attached hydrogens (tertiary/aromatic N) is 3. The van der Waals surface area contributed by atoms with Crippen LogP contribution in [0.15, 0.2) is 42.5 Å². The monoisotopic (exact) mass is 449 g/mol. The van der Waals surface area contributed by atoms with E-state index in [1.165, 1.54) is 29.3 Å². The van der Waals surface area contributed by atoms with E-state index in [0.717, 1.165) is 18.4 Å². The van der Waals surface area contributed by atoms with E-state index < -0.39 is 5.60 Å². The highest BCUT2D eigenvalue weighted by atomic mass is 16.6. The van der Waals surface area contributed by atoms with Crippen LogP contribution in [0.3, 0.4) is 0 Å². The Morgan fingerprint density at radius 2 is 1.55 bits per heavy atom. The Morgan fingerprint density at radius 3 is 2.24 bits per heavy atom. The molecule has 0 N–H and O–H groups in total. The third kappa shape index (κ3) is 5.00. The average molecular weight is 450 g/mol. The molecule has 0 unspecified atom stereocenters. The van der Waals surface area contributed by atoms with E-state index in [1.54, 1.807) is 4.90 Å². The van der Waals surface area contributed by atoms with Crippen LogP contribution in [0.5, 0.6) is 0 Å². The van der Waals surface area contributed by atoms with Gasteiger partial charge in [0, 0.05) is 60.1 Å². The molecule has 1 fully saturated rings. The normalized spacial score (nSPS) is 14.8. The van der Waals surface area contributed by atoms with Crippen LogP contribution >= 0.6 is 0 Å². The van der Waals surface area contributed by atoms with Gasteiger partial charge >= 0.3 is 6.09 Å². The molecule has 0 atom stereocenters. The summed E-state index contributed by atoms with van der Waals surface area (Å²) in [6, 6.07) is 14.5. The second-order valence-electron chi connectivity index (χ2n) is 9.87. The molecule has 0 radical (unpaired) electrons. The van der Waals surface area contributed by atoms with E-state index in [4.69, 9.17) is 4.74 Å². The van der Waals surface area contributed by atoms with E-state index in [-0.39, 0.29) is 12.0 Å². The van der Waals surface area contributed by atoms with E-state index in [0.29, 0.717) is 31.7 Å². The maximum absolute atomic E-state index is 13.3. The summed E-state index contributed by atoms with van der Waals surface area (Å²) in [6.07, 6.45) is 3.23. The summed E-state index contributed by atoms with van der Waals surface area (Å²) in [7, 11) is 0. The van der Waals surface area contributed by atoms with Gasteiger partial charge in [-0.3, -0.25) is 4.79 Å². The largest absolute Gasteiger partial charge is 0.444 e. The molecule has 0 bridgehead atoms. The molecular formula is C27H35N3O3. The van der Waals surface area contributed by atoms with Crippen LogP contribution < -0.4 is 0 Å². The second kappa shape index (κ2) is 9.46. The zero-order valence-corrected chi connectivity index (χ0v) is 20.3. The molecule has 2 aromatic carbocycles. The first kappa shape index (κ1) is 23.1. The molecule has 4 rings (SSSR count). The van der Waals surface area contributed by atoms with E-state index in [9.17, 15) is 9.59 Å². The number of carbonyl (C=O) groups is 2. The third-order valence-corrected chi connectivity index (χ3v) is 6.22. The van der Waals surface area contributed by atoms with Gasteiger partial charge in [0.25, 0.3) is 5.91 Å². The summed E-state index contributed by atoms with van der Waals surface area (Å²) in [5, 5.41) is 2.31. The maximum Gasteiger partial charge on any atom is 0.410 e. The fourth-order valence-electron chi connectivity index (χ4n) is 4.55. The minimum Gasteiger partial charge on any atom is -0.444 e. The molecule has 0 aliphatic carbocycles. The number of para-hydroxylation sites is 1. The summed E-state index contributed by atoms with van der Waals surface area (Å²) >= 11 is 0. The van der Waals surface area contributed by atoms with Crippen molar-refractivity contribution in [1.29, 1.82) is 0 Å². The topological polar surface area (TPSA) is 54.8 Å². The summed E-state index contributed by atoms with van der Waals surface area (Å²) in [5.74, 6) is 0.0172. The maximum atomic E-state index is 13.3. The number of rotatable bonds is 5. The molecule has 1 aromatic heterocycles. The molecule has 1 aliphatic rings. The molecule has 1 saturated heterocycles. The average Bonchev–Trinajstić information content (AvgIpc) is 3.11. The Hall–Kier alpha value is -3.02. The van der Waals surface area contributed by atoms with Crippen molar-refractivity contribution >= 4 is 33.8 Å². The third-order valence-electron chi connectivity index (χ3n) is 6.22. The van der Waals surface area contributed by atoms with Crippen LogP contribution in [0, 0.1) is 0 Å². The zero-order chi connectivity index (χ0) is 23.6. The van der Waals surface area contributed by atoms with Gasteiger partial charge in [0.05, 0.1) is 0 Å². The Labute approximate surface area is 196 Å². The molecule has 1 aliphatic heterocycles. The number of aryl methyl sites for hydroxylation is 1. The van der Waals surface area contributed by atoms with Gasteiger partial charge in [-0.15, -0.1) is 0 Å². The highest BCUT2D eigenvalue weighted by molar-refractivity contribution is 6.10.